The summed E-state index contributed by atoms with van der Waals surface area (Å²) in [5.74, 6) is 1.86. The minimum atomic E-state index is 0.424. The van der Waals surface area contributed by atoms with Crippen molar-refractivity contribution >= 4 is 5.96 Å². The van der Waals surface area contributed by atoms with E-state index in [1.54, 1.807) is 6.26 Å². The second-order valence-corrected chi connectivity index (χ2v) is 5.63. The van der Waals surface area contributed by atoms with Crippen molar-refractivity contribution in [3.8, 4) is 0 Å². The van der Waals surface area contributed by atoms with Crippen molar-refractivity contribution in [1.82, 2.24) is 10.6 Å². The molecule has 1 fully saturated rings. The molecule has 0 aliphatic heterocycles. The van der Waals surface area contributed by atoms with E-state index in [4.69, 9.17) is 9.15 Å². The van der Waals surface area contributed by atoms with E-state index in [0.717, 1.165) is 50.9 Å². The highest BCUT2D eigenvalue weighted by Gasteiger charge is 2.41. The molecule has 5 heteroatoms. The normalized spacial score (nSPS) is 16.8. The van der Waals surface area contributed by atoms with Crippen LogP contribution in [0.1, 0.15) is 31.9 Å². The van der Waals surface area contributed by atoms with Gasteiger partial charge in [0, 0.05) is 39.8 Å². The highest BCUT2D eigenvalue weighted by Crippen LogP contribution is 2.48. The van der Waals surface area contributed by atoms with E-state index in [2.05, 4.69) is 15.6 Å². The van der Waals surface area contributed by atoms with Crippen LogP contribution in [0.25, 0.3) is 0 Å². The Bertz CT molecular complexity index is 425. The number of aliphatic imine (C=N–C) groups is 1. The number of hydrogen-bond donors (Lipinski definition) is 2. The smallest absolute Gasteiger partial charge is 0.191 e. The van der Waals surface area contributed by atoms with Gasteiger partial charge in [0.25, 0.3) is 0 Å². The van der Waals surface area contributed by atoms with Crippen LogP contribution in [0.4, 0.5) is 0 Å². The number of guanidine groups is 1. The largest absolute Gasteiger partial charge is 0.469 e. The number of nitrogens with one attached hydrogen (secondary N) is 2. The molecule has 0 saturated heterocycles. The fourth-order valence-corrected chi connectivity index (χ4v) is 2.38. The molecule has 1 aromatic rings. The van der Waals surface area contributed by atoms with E-state index in [0.29, 0.717) is 5.41 Å². The van der Waals surface area contributed by atoms with Crippen LogP contribution >= 0.6 is 0 Å². The van der Waals surface area contributed by atoms with Gasteiger partial charge in [-0.1, -0.05) is 0 Å². The van der Waals surface area contributed by atoms with Crippen LogP contribution < -0.4 is 10.6 Å². The zero-order valence-electron chi connectivity index (χ0n) is 13.2. The van der Waals surface area contributed by atoms with Gasteiger partial charge in [0.05, 0.1) is 6.26 Å². The molecular weight excluding hydrogens is 266 g/mol. The van der Waals surface area contributed by atoms with Gasteiger partial charge in [-0.2, -0.15) is 0 Å². The molecule has 1 aromatic heterocycles. The van der Waals surface area contributed by atoms with Gasteiger partial charge in [0.1, 0.15) is 5.76 Å². The summed E-state index contributed by atoms with van der Waals surface area (Å²) in [6.07, 6.45) is 6.28. The first-order chi connectivity index (χ1) is 10.3. The Hall–Kier alpha value is -1.49. The molecule has 0 unspecified atom stereocenters. The first kappa shape index (κ1) is 15.9. The summed E-state index contributed by atoms with van der Waals surface area (Å²) in [6.45, 7) is 5.50. The predicted octanol–water partition coefficient (Wildman–Crippen LogP) is 2.19. The van der Waals surface area contributed by atoms with Crippen molar-refractivity contribution < 1.29 is 9.15 Å². The summed E-state index contributed by atoms with van der Waals surface area (Å²) < 4.78 is 10.8. The summed E-state index contributed by atoms with van der Waals surface area (Å²) in [7, 11) is 1.81. The van der Waals surface area contributed by atoms with Gasteiger partial charge >= 0.3 is 0 Å². The van der Waals surface area contributed by atoms with Gasteiger partial charge in [-0.25, -0.2) is 0 Å². The molecule has 0 bridgehead atoms. The van der Waals surface area contributed by atoms with E-state index in [1.807, 2.05) is 26.1 Å². The average Bonchev–Trinajstić information content (AvgIpc) is 3.07. The Balaban J connectivity index is 1.63. The van der Waals surface area contributed by atoms with Crippen molar-refractivity contribution in [2.45, 2.75) is 32.6 Å². The lowest BCUT2D eigenvalue weighted by Gasteiger charge is -2.18. The van der Waals surface area contributed by atoms with Crippen LogP contribution in [-0.4, -0.2) is 39.3 Å². The second kappa shape index (κ2) is 8.08. The molecule has 1 heterocycles. The fraction of sp³-hybridized carbons (Fsp3) is 0.688. The summed E-state index contributed by atoms with van der Waals surface area (Å²) in [5.41, 5.74) is 0.424. The van der Waals surface area contributed by atoms with Crippen LogP contribution in [-0.2, 0) is 11.2 Å². The zero-order valence-corrected chi connectivity index (χ0v) is 13.2. The van der Waals surface area contributed by atoms with Crippen molar-refractivity contribution in [2.24, 2.45) is 10.4 Å². The number of rotatable bonds is 9. The highest BCUT2D eigenvalue weighted by atomic mass is 16.5. The lowest BCUT2D eigenvalue weighted by atomic mass is 10.0. The molecule has 2 N–H and O–H groups in total. The van der Waals surface area contributed by atoms with Crippen molar-refractivity contribution in [1.29, 1.82) is 0 Å². The molecule has 5 nitrogen and oxygen atoms in total. The SMILES string of the molecule is CCOCCC1(CNC(=NC)NCCc2ccco2)CC1. The zero-order chi connectivity index (χ0) is 15.0. The lowest BCUT2D eigenvalue weighted by molar-refractivity contribution is 0.128. The quantitative estimate of drug-likeness (QED) is 0.416. The van der Waals surface area contributed by atoms with Gasteiger partial charge in [-0.05, 0) is 43.7 Å². The fourth-order valence-electron chi connectivity index (χ4n) is 2.38. The Kier molecular flexibility index (Phi) is 6.11. The second-order valence-electron chi connectivity index (χ2n) is 5.63. The topological polar surface area (TPSA) is 58.8 Å². The van der Waals surface area contributed by atoms with Crippen molar-refractivity contribution in [2.75, 3.05) is 33.4 Å². The molecular formula is C16H27N3O2. The van der Waals surface area contributed by atoms with Crippen molar-refractivity contribution in [3.05, 3.63) is 24.2 Å². The van der Waals surface area contributed by atoms with E-state index in [-0.39, 0.29) is 0 Å². The number of nitrogens with zero attached hydrogens (tertiary/aromatic N) is 1. The first-order valence-corrected chi connectivity index (χ1v) is 7.83. The van der Waals surface area contributed by atoms with Crippen LogP contribution in [0, 0.1) is 5.41 Å². The predicted molar refractivity (Wildman–Crippen MR) is 84.6 cm³/mol. The molecule has 1 saturated carbocycles. The maximum Gasteiger partial charge on any atom is 0.191 e. The molecule has 2 rings (SSSR count). The summed E-state index contributed by atoms with van der Waals surface area (Å²) >= 11 is 0. The molecule has 1 aliphatic carbocycles. The van der Waals surface area contributed by atoms with E-state index < -0.39 is 0 Å². The number of furan rings is 1. The summed E-state index contributed by atoms with van der Waals surface area (Å²) in [4.78, 5) is 4.27. The van der Waals surface area contributed by atoms with Gasteiger partial charge in [-0.15, -0.1) is 0 Å². The van der Waals surface area contributed by atoms with Gasteiger partial charge in [-0.3, -0.25) is 4.99 Å². The van der Waals surface area contributed by atoms with E-state index in [9.17, 15) is 0 Å². The van der Waals surface area contributed by atoms with Crippen molar-refractivity contribution in [3.63, 3.8) is 0 Å². The number of hydrogen-bond acceptors (Lipinski definition) is 3. The average molecular weight is 293 g/mol. The third-order valence-electron chi connectivity index (χ3n) is 4.04. The van der Waals surface area contributed by atoms with Crippen LogP contribution in [0.2, 0.25) is 0 Å². The minimum absolute atomic E-state index is 0.424. The molecule has 1 aliphatic rings. The Labute approximate surface area is 127 Å². The van der Waals surface area contributed by atoms with Gasteiger partial charge in [0.2, 0.25) is 0 Å². The summed E-state index contributed by atoms with van der Waals surface area (Å²) in [5, 5.41) is 6.75. The molecule has 0 amide bonds. The first-order valence-electron chi connectivity index (χ1n) is 7.83. The monoisotopic (exact) mass is 293 g/mol. The van der Waals surface area contributed by atoms with Gasteiger partial charge in [0.15, 0.2) is 5.96 Å². The lowest BCUT2D eigenvalue weighted by Crippen LogP contribution is -2.41. The standard InChI is InChI=1S/C16H27N3O2/c1-3-20-12-9-16(7-8-16)13-19-15(17-2)18-10-6-14-5-4-11-21-14/h4-5,11H,3,6-10,12-13H2,1-2H3,(H2,17,18,19). The molecule has 0 atom stereocenters. The van der Waals surface area contributed by atoms with Crippen LogP contribution in [0.15, 0.2) is 27.8 Å². The maximum absolute atomic E-state index is 5.46. The molecule has 118 valence electrons. The third-order valence-corrected chi connectivity index (χ3v) is 4.04. The minimum Gasteiger partial charge on any atom is -0.469 e. The number of ether oxygens (including phenoxy) is 1. The Morgan fingerprint density at radius 1 is 1.43 bits per heavy atom. The summed E-state index contributed by atoms with van der Waals surface area (Å²) in [6, 6.07) is 3.91. The van der Waals surface area contributed by atoms with E-state index >= 15 is 0 Å². The van der Waals surface area contributed by atoms with E-state index in [1.165, 1.54) is 12.8 Å². The maximum atomic E-state index is 5.46. The van der Waals surface area contributed by atoms with Crippen LogP contribution in [0.5, 0.6) is 0 Å². The molecule has 0 aromatic carbocycles. The highest BCUT2D eigenvalue weighted by molar-refractivity contribution is 5.79. The van der Waals surface area contributed by atoms with Crippen LogP contribution in [0.3, 0.4) is 0 Å². The van der Waals surface area contributed by atoms with Gasteiger partial charge < -0.3 is 19.8 Å². The third kappa shape index (κ3) is 5.42. The molecule has 0 radical (unpaired) electrons. The Morgan fingerprint density at radius 2 is 2.29 bits per heavy atom. The Morgan fingerprint density at radius 3 is 2.90 bits per heavy atom. The molecule has 21 heavy (non-hydrogen) atoms. The molecule has 0 spiro atoms.